The van der Waals surface area contributed by atoms with Crippen LogP contribution in [0.4, 0.5) is 0 Å². The zero-order chi connectivity index (χ0) is 14.1. The molecular formula is C16H21N3S. The fourth-order valence-corrected chi connectivity index (χ4v) is 3.59. The zero-order valence-corrected chi connectivity index (χ0v) is 13.2. The van der Waals surface area contributed by atoms with Crippen molar-refractivity contribution in [3.63, 3.8) is 0 Å². The van der Waals surface area contributed by atoms with Gasteiger partial charge in [0.2, 0.25) is 0 Å². The van der Waals surface area contributed by atoms with Crippen LogP contribution in [-0.2, 0) is 12.3 Å². The Labute approximate surface area is 124 Å². The van der Waals surface area contributed by atoms with Crippen molar-refractivity contribution < 1.29 is 0 Å². The first-order chi connectivity index (χ1) is 9.67. The Bertz CT molecular complexity index is 594. The van der Waals surface area contributed by atoms with Crippen molar-refractivity contribution in [3.05, 3.63) is 40.7 Å². The predicted molar refractivity (Wildman–Crippen MR) is 83.1 cm³/mol. The monoisotopic (exact) mass is 287 g/mol. The molecule has 1 aliphatic carbocycles. The number of benzene rings is 1. The van der Waals surface area contributed by atoms with Gasteiger partial charge in [-0.05, 0) is 39.2 Å². The van der Waals surface area contributed by atoms with E-state index in [0.717, 1.165) is 17.5 Å². The fourth-order valence-electron chi connectivity index (χ4n) is 2.65. The molecule has 1 aromatic carbocycles. The molecule has 0 spiro atoms. The van der Waals surface area contributed by atoms with Crippen molar-refractivity contribution in [2.75, 3.05) is 0 Å². The van der Waals surface area contributed by atoms with E-state index in [1.165, 1.54) is 35.4 Å². The van der Waals surface area contributed by atoms with Crippen LogP contribution in [0.1, 0.15) is 48.2 Å². The van der Waals surface area contributed by atoms with E-state index in [4.69, 9.17) is 0 Å². The standard InChI is InChI=1S/C16H21N3S/c1-4-19-15(14-5-6-14)17-18-16(19)20-10-13-8-11(2)7-12(3)9-13/h7-9,14H,4-6,10H2,1-3H3. The highest BCUT2D eigenvalue weighted by molar-refractivity contribution is 7.98. The molecule has 0 radical (unpaired) electrons. The van der Waals surface area contributed by atoms with E-state index in [1.54, 1.807) is 11.8 Å². The Morgan fingerprint density at radius 1 is 1.15 bits per heavy atom. The van der Waals surface area contributed by atoms with Gasteiger partial charge >= 0.3 is 0 Å². The molecule has 0 amide bonds. The summed E-state index contributed by atoms with van der Waals surface area (Å²) in [6.07, 6.45) is 2.56. The summed E-state index contributed by atoms with van der Waals surface area (Å²) >= 11 is 1.80. The largest absolute Gasteiger partial charge is 0.306 e. The van der Waals surface area contributed by atoms with Gasteiger partial charge in [-0.15, -0.1) is 10.2 Å². The Morgan fingerprint density at radius 2 is 1.85 bits per heavy atom. The first kappa shape index (κ1) is 13.7. The summed E-state index contributed by atoms with van der Waals surface area (Å²) in [6.45, 7) is 7.45. The van der Waals surface area contributed by atoms with Crippen LogP contribution >= 0.6 is 11.8 Å². The molecule has 106 valence electrons. The van der Waals surface area contributed by atoms with Gasteiger partial charge in [0.15, 0.2) is 5.16 Å². The molecule has 0 N–H and O–H groups in total. The minimum Gasteiger partial charge on any atom is -0.306 e. The van der Waals surface area contributed by atoms with E-state index in [2.05, 4.69) is 53.7 Å². The maximum atomic E-state index is 4.39. The van der Waals surface area contributed by atoms with Crippen LogP contribution in [0.3, 0.4) is 0 Å². The van der Waals surface area contributed by atoms with E-state index in [0.29, 0.717) is 5.92 Å². The van der Waals surface area contributed by atoms with Crippen LogP contribution < -0.4 is 0 Å². The van der Waals surface area contributed by atoms with Gasteiger partial charge < -0.3 is 4.57 Å². The Balaban J connectivity index is 1.74. The van der Waals surface area contributed by atoms with Crippen molar-refractivity contribution in [1.29, 1.82) is 0 Å². The number of aromatic nitrogens is 3. The number of thioether (sulfide) groups is 1. The van der Waals surface area contributed by atoms with E-state index >= 15 is 0 Å². The summed E-state index contributed by atoms with van der Waals surface area (Å²) < 4.78 is 2.28. The minimum absolute atomic E-state index is 0.665. The molecule has 0 bridgehead atoms. The molecule has 0 atom stereocenters. The van der Waals surface area contributed by atoms with E-state index in [9.17, 15) is 0 Å². The summed E-state index contributed by atoms with van der Waals surface area (Å²) in [4.78, 5) is 0. The first-order valence-corrected chi connectivity index (χ1v) is 8.29. The molecule has 0 unspecified atom stereocenters. The lowest BCUT2D eigenvalue weighted by atomic mass is 10.1. The third-order valence-electron chi connectivity index (χ3n) is 3.65. The molecule has 20 heavy (non-hydrogen) atoms. The molecule has 0 aliphatic heterocycles. The van der Waals surface area contributed by atoms with Gasteiger partial charge in [0.1, 0.15) is 5.82 Å². The van der Waals surface area contributed by atoms with E-state index in [1.807, 2.05) is 0 Å². The highest BCUT2D eigenvalue weighted by Crippen LogP contribution is 2.40. The third kappa shape index (κ3) is 2.90. The molecule has 3 nitrogen and oxygen atoms in total. The molecule has 2 aromatic rings. The number of hydrogen-bond donors (Lipinski definition) is 0. The highest BCUT2D eigenvalue weighted by atomic mass is 32.2. The fraction of sp³-hybridized carbons (Fsp3) is 0.500. The summed E-state index contributed by atoms with van der Waals surface area (Å²) in [5.74, 6) is 2.82. The van der Waals surface area contributed by atoms with Crippen molar-refractivity contribution in [2.45, 2.75) is 57.0 Å². The number of nitrogens with zero attached hydrogens (tertiary/aromatic N) is 3. The van der Waals surface area contributed by atoms with Crippen molar-refractivity contribution in [2.24, 2.45) is 0 Å². The number of rotatable bonds is 5. The Hall–Kier alpha value is -1.29. The molecule has 0 saturated heterocycles. The lowest BCUT2D eigenvalue weighted by Gasteiger charge is -2.07. The molecule has 1 saturated carbocycles. The number of aryl methyl sites for hydroxylation is 2. The zero-order valence-electron chi connectivity index (χ0n) is 12.4. The smallest absolute Gasteiger partial charge is 0.191 e. The third-order valence-corrected chi connectivity index (χ3v) is 4.69. The van der Waals surface area contributed by atoms with Crippen LogP contribution in [0.5, 0.6) is 0 Å². The molecule has 1 aromatic heterocycles. The second-order valence-electron chi connectivity index (χ2n) is 5.64. The predicted octanol–water partition coefficient (Wildman–Crippen LogP) is 4.08. The molecule has 3 rings (SSSR count). The van der Waals surface area contributed by atoms with Crippen LogP contribution in [0.25, 0.3) is 0 Å². The molecular weight excluding hydrogens is 266 g/mol. The molecule has 1 heterocycles. The van der Waals surface area contributed by atoms with Crippen molar-refractivity contribution in [1.82, 2.24) is 14.8 Å². The second-order valence-corrected chi connectivity index (χ2v) is 6.59. The lowest BCUT2D eigenvalue weighted by molar-refractivity contribution is 0.643. The second kappa shape index (κ2) is 5.60. The maximum Gasteiger partial charge on any atom is 0.191 e. The van der Waals surface area contributed by atoms with Gasteiger partial charge in [0.25, 0.3) is 0 Å². The average molecular weight is 287 g/mol. The maximum absolute atomic E-state index is 4.39. The van der Waals surface area contributed by atoms with Gasteiger partial charge in [-0.25, -0.2) is 0 Å². The Kier molecular flexibility index (Phi) is 3.83. The molecule has 1 fully saturated rings. The van der Waals surface area contributed by atoms with Gasteiger partial charge in [0, 0.05) is 18.2 Å². The van der Waals surface area contributed by atoms with Crippen LogP contribution in [0.15, 0.2) is 23.4 Å². The quantitative estimate of drug-likeness (QED) is 0.776. The average Bonchev–Trinajstić information content (AvgIpc) is 3.16. The highest BCUT2D eigenvalue weighted by Gasteiger charge is 2.29. The SMILES string of the molecule is CCn1c(SCc2cc(C)cc(C)c2)nnc1C1CC1. The van der Waals surface area contributed by atoms with Crippen LogP contribution in [0, 0.1) is 13.8 Å². The van der Waals surface area contributed by atoms with Crippen LogP contribution in [-0.4, -0.2) is 14.8 Å². The van der Waals surface area contributed by atoms with Gasteiger partial charge in [0.05, 0.1) is 0 Å². The van der Waals surface area contributed by atoms with Crippen molar-refractivity contribution >= 4 is 11.8 Å². The summed E-state index contributed by atoms with van der Waals surface area (Å²) in [5, 5.41) is 9.84. The summed E-state index contributed by atoms with van der Waals surface area (Å²) in [7, 11) is 0. The summed E-state index contributed by atoms with van der Waals surface area (Å²) in [5.41, 5.74) is 4.03. The lowest BCUT2D eigenvalue weighted by Crippen LogP contribution is -2.02. The van der Waals surface area contributed by atoms with E-state index < -0.39 is 0 Å². The Morgan fingerprint density at radius 3 is 2.45 bits per heavy atom. The van der Waals surface area contributed by atoms with Crippen molar-refractivity contribution in [3.8, 4) is 0 Å². The van der Waals surface area contributed by atoms with Gasteiger partial charge in [-0.1, -0.05) is 41.1 Å². The topological polar surface area (TPSA) is 30.7 Å². The van der Waals surface area contributed by atoms with Gasteiger partial charge in [-0.3, -0.25) is 0 Å². The normalized spacial score (nSPS) is 14.8. The summed E-state index contributed by atoms with van der Waals surface area (Å²) in [6, 6.07) is 6.73. The number of hydrogen-bond acceptors (Lipinski definition) is 3. The van der Waals surface area contributed by atoms with Gasteiger partial charge in [-0.2, -0.15) is 0 Å². The van der Waals surface area contributed by atoms with Crippen LogP contribution in [0.2, 0.25) is 0 Å². The van der Waals surface area contributed by atoms with E-state index in [-0.39, 0.29) is 0 Å². The molecule has 1 aliphatic rings. The minimum atomic E-state index is 0.665. The first-order valence-electron chi connectivity index (χ1n) is 7.30. The molecule has 4 heteroatoms.